The molecule has 0 bridgehead atoms. The van der Waals surface area contributed by atoms with Crippen molar-refractivity contribution in [3.05, 3.63) is 212 Å². The number of hydrogen-bond donors (Lipinski definition) is 0. The number of rotatable bonds is 6. The molecule has 0 aliphatic carbocycles. The number of benzene rings is 9. The Hall–Kier alpha value is -8.67. The van der Waals surface area contributed by atoms with E-state index in [1.165, 1.54) is 0 Å². The van der Waals surface area contributed by atoms with Crippen LogP contribution in [0.2, 0.25) is 0 Å². The normalized spacial score (nSPS) is 11.8. The van der Waals surface area contributed by atoms with Crippen LogP contribution >= 0.6 is 0 Å². The molecule has 0 aliphatic heterocycles. The Bertz CT molecular complexity index is 3950. The summed E-state index contributed by atoms with van der Waals surface area (Å²) < 4.78 is 13.1. The molecule has 5 heteroatoms. The van der Waals surface area contributed by atoms with Crippen LogP contribution < -0.4 is 0 Å². The highest BCUT2D eigenvalue weighted by atomic mass is 16.3. The van der Waals surface area contributed by atoms with Crippen LogP contribution in [0, 0.1) is 0 Å². The monoisotopic (exact) mass is 817 g/mol. The van der Waals surface area contributed by atoms with Gasteiger partial charge in [-0.05, 0) is 47.5 Å². The lowest BCUT2D eigenvalue weighted by Gasteiger charge is -2.16. The van der Waals surface area contributed by atoms with Gasteiger partial charge in [-0.1, -0.05) is 176 Å². The largest absolute Gasteiger partial charge is 0.456 e. The van der Waals surface area contributed by atoms with E-state index in [1.54, 1.807) is 0 Å². The molecule has 0 fully saturated rings. The Balaban J connectivity index is 0.968. The summed E-state index contributed by atoms with van der Waals surface area (Å²) in [5.74, 6) is 0.643. The molecule has 13 rings (SSSR count). The second-order valence-corrected chi connectivity index (χ2v) is 16.3. The summed E-state index contributed by atoms with van der Waals surface area (Å²) >= 11 is 0. The molecule has 64 heavy (non-hydrogen) atoms. The van der Waals surface area contributed by atoms with Crippen LogP contribution in [-0.2, 0) is 0 Å². The third kappa shape index (κ3) is 5.83. The number of pyridine rings is 1. The number of furan rings is 2. The van der Waals surface area contributed by atoms with Gasteiger partial charge in [-0.3, -0.25) is 0 Å². The molecule has 0 unspecified atom stereocenters. The lowest BCUT2D eigenvalue weighted by Crippen LogP contribution is -1.96. The maximum absolute atomic E-state index is 6.62. The quantitative estimate of drug-likeness (QED) is 0.156. The zero-order valence-electron chi connectivity index (χ0n) is 34.4. The summed E-state index contributed by atoms with van der Waals surface area (Å²) in [7, 11) is 0. The molecule has 0 aliphatic rings. The predicted octanol–water partition coefficient (Wildman–Crippen LogP) is 16.0. The van der Waals surface area contributed by atoms with E-state index in [9.17, 15) is 0 Å². The molecule has 0 radical (unpaired) electrons. The SMILES string of the molecule is c1ccc(-c2cc(-c3ccc(-c4nc5ccccc5c5c(-c6ccccc6)c6c(cc45)oc4ccccc46)cc3)nc(-c3cccc(-c4cccc5c4oc4ccccc45)c3)n2)cc1. The number of para-hydroxylation sites is 4. The van der Waals surface area contributed by atoms with Crippen LogP contribution in [0.3, 0.4) is 0 Å². The van der Waals surface area contributed by atoms with Gasteiger partial charge in [-0.25, -0.2) is 15.0 Å². The Labute approximate surface area is 367 Å². The van der Waals surface area contributed by atoms with Crippen molar-refractivity contribution in [3.63, 3.8) is 0 Å². The van der Waals surface area contributed by atoms with Crippen molar-refractivity contribution in [2.24, 2.45) is 0 Å². The van der Waals surface area contributed by atoms with Crippen LogP contribution in [0.25, 0.3) is 133 Å². The number of hydrogen-bond acceptors (Lipinski definition) is 5. The maximum Gasteiger partial charge on any atom is 0.160 e. The average molecular weight is 818 g/mol. The first-order chi connectivity index (χ1) is 31.7. The number of fused-ring (bicyclic) bond motifs is 9. The topological polar surface area (TPSA) is 65.0 Å². The second-order valence-electron chi connectivity index (χ2n) is 16.3. The van der Waals surface area contributed by atoms with Crippen LogP contribution in [0.1, 0.15) is 0 Å². The Kier molecular flexibility index (Phi) is 8.15. The summed E-state index contributed by atoms with van der Waals surface area (Å²) in [4.78, 5) is 15.8. The first-order valence-electron chi connectivity index (χ1n) is 21.5. The molecule has 9 aromatic carbocycles. The van der Waals surface area contributed by atoms with Crippen molar-refractivity contribution >= 4 is 65.6 Å². The second kappa shape index (κ2) is 14.5. The van der Waals surface area contributed by atoms with Crippen molar-refractivity contribution in [3.8, 4) is 67.4 Å². The minimum atomic E-state index is 0.643. The van der Waals surface area contributed by atoms with E-state index in [0.717, 1.165) is 127 Å². The van der Waals surface area contributed by atoms with Crippen molar-refractivity contribution in [1.29, 1.82) is 0 Å². The fourth-order valence-corrected chi connectivity index (χ4v) is 9.51. The van der Waals surface area contributed by atoms with E-state index >= 15 is 0 Å². The minimum Gasteiger partial charge on any atom is -0.456 e. The summed E-state index contributed by atoms with van der Waals surface area (Å²) in [6.07, 6.45) is 0. The lowest BCUT2D eigenvalue weighted by atomic mass is 9.89. The zero-order chi connectivity index (χ0) is 42.1. The molecule has 4 aromatic heterocycles. The molecule has 0 spiro atoms. The molecule has 5 nitrogen and oxygen atoms in total. The molecule has 0 saturated heterocycles. The first kappa shape index (κ1) is 36.0. The molecule has 0 saturated carbocycles. The Morgan fingerprint density at radius 2 is 0.891 bits per heavy atom. The highest BCUT2D eigenvalue weighted by Gasteiger charge is 2.22. The standard InChI is InChI=1S/C59H35N3O2/c1-3-15-36(16-4-1)49-35-50(62-59(61-49)41-20-13-19-40(33-41)42-24-14-25-44-43-21-8-11-27-51(43)64-58(42)44)37-29-31-39(32-30-37)57-47-34-53-56(46-23-9-12-28-52(46)63-53)54(38-17-5-2-6-18-38)55(47)45-22-7-10-26-48(45)60-57/h1-35H. The van der Waals surface area contributed by atoms with Gasteiger partial charge >= 0.3 is 0 Å². The van der Waals surface area contributed by atoms with Crippen LogP contribution in [0.15, 0.2) is 221 Å². The molecule has 0 amide bonds. The fourth-order valence-electron chi connectivity index (χ4n) is 9.51. The highest BCUT2D eigenvalue weighted by molar-refractivity contribution is 6.27. The van der Waals surface area contributed by atoms with Gasteiger partial charge in [0.25, 0.3) is 0 Å². The van der Waals surface area contributed by atoms with E-state index in [4.69, 9.17) is 23.8 Å². The highest BCUT2D eigenvalue weighted by Crippen LogP contribution is 2.46. The van der Waals surface area contributed by atoms with E-state index in [0.29, 0.717) is 5.82 Å². The Morgan fingerprint density at radius 1 is 0.312 bits per heavy atom. The third-order valence-electron chi connectivity index (χ3n) is 12.5. The molecule has 4 heterocycles. The van der Waals surface area contributed by atoms with Gasteiger partial charge in [0.05, 0.1) is 22.6 Å². The Morgan fingerprint density at radius 3 is 1.67 bits per heavy atom. The number of nitrogens with zero attached hydrogens (tertiary/aromatic N) is 3. The van der Waals surface area contributed by atoms with Gasteiger partial charge in [0.2, 0.25) is 0 Å². The predicted molar refractivity (Wildman–Crippen MR) is 262 cm³/mol. The van der Waals surface area contributed by atoms with Gasteiger partial charge < -0.3 is 8.83 Å². The number of aromatic nitrogens is 3. The molecular weight excluding hydrogens is 783 g/mol. The van der Waals surface area contributed by atoms with Crippen molar-refractivity contribution in [2.45, 2.75) is 0 Å². The van der Waals surface area contributed by atoms with Gasteiger partial charge in [0.1, 0.15) is 22.3 Å². The smallest absolute Gasteiger partial charge is 0.160 e. The van der Waals surface area contributed by atoms with Gasteiger partial charge in [-0.15, -0.1) is 0 Å². The van der Waals surface area contributed by atoms with Crippen LogP contribution in [0.5, 0.6) is 0 Å². The minimum absolute atomic E-state index is 0.643. The molecule has 298 valence electrons. The molecule has 0 atom stereocenters. The van der Waals surface area contributed by atoms with Crippen LogP contribution in [0.4, 0.5) is 0 Å². The third-order valence-corrected chi connectivity index (χ3v) is 12.5. The average Bonchev–Trinajstić information content (AvgIpc) is 3.94. The molecular formula is C59H35N3O2. The van der Waals surface area contributed by atoms with Crippen LogP contribution in [-0.4, -0.2) is 15.0 Å². The van der Waals surface area contributed by atoms with Crippen molar-refractivity contribution in [2.75, 3.05) is 0 Å². The fraction of sp³-hybridized carbons (Fsp3) is 0. The van der Waals surface area contributed by atoms with Crippen molar-refractivity contribution < 1.29 is 8.83 Å². The molecule has 0 N–H and O–H groups in total. The van der Waals surface area contributed by atoms with E-state index < -0.39 is 0 Å². The summed E-state index contributed by atoms with van der Waals surface area (Å²) in [6, 6.07) is 73.6. The summed E-state index contributed by atoms with van der Waals surface area (Å²) in [5.41, 5.74) is 15.2. The van der Waals surface area contributed by atoms with Gasteiger partial charge in [-0.2, -0.15) is 0 Å². The zero-order valence-corrected chi connectivity index (χ0v) is 34.4. The summed E-state index contributed by atoms with van der Waals surface area (Å²) in [6.45, 7) is 0. The van der Waals surface area contributed by atoms with Crippen molar-refractivity contribution in [1.82, 2.24) is 15.0 Å². The lowest BCUT2D eigenvalue weighted by molar-refractivity contribution is 0.669. The van der Waals surface area contributed by atoms with E-state index in [1.807, 2.05) is 42.5 Å². The van der Waals surface area contributed by atoms with Gasteiger partial charge in [0, 0.05) is 71.1 Å². The summed E-state index contributed by atoms with van der Waals surface area (Å²) in [5, 5.41) is 7.70. The van der Waals surface area contributed by atoms with Gasteiger partial charge in [0.15, 0.2) is 5.82 Å². The first-order valence-corrected chi connectivity index (χ1v) is 21.5. The van der Waals surface area contributed by atoms with E-state index in [-0.39, 0.29) is 0 Å². The maximum atomic E-state index is 6.62. The molecule has 13 aromatic rings. The van der Waals surface area contributed by atoms with E-state index in [2.05, 4.69) is 170 Å².